The van der Waals surface area contributed by atoms with Crippen molar-refractivity contribution in [2.75, 3.05) is 0 Å². The van der Waals surface area contributed by atoms with Gasteiger partial charge in [-0.2, -0.15) is 5.21 Å². The first-order valence-corrected chi connectivity index (χ1v) is 8.97. The second kappa shape index (κ2) is 9.19. The maximum Gasteiger partial charge on any atom is 0.205 e. The third-order valence-corrected chi connectivity index (χ3v) is 4.46. The average Bonchev–Trinajstić information content (AvgIpc) is 3.56. The summed E-state index contributed by atoms with van der Waals surface area (Å²) in [6, 6.07) is 12.8. The Kier molecular flexibility index (Phi) is 3.16. The van der Waals surface area contributed by atoms with Crippen molar-refractivity contribution >= 4 is 11.6 Å². The fourth-order valence-corrected chi connectivity index (χ4v) is 3.07. The number of H-pyrrole nitrogens is 1. The summed E-state index contributed by atoms with van der Waals surface area (Å²) in [7, 11) is 0. The number of halogens is 1. The number of hydrogen-bond acceptors (Lipinski definition) is 5. The topological polar surface area (TPSA) is 92.5 Å². The normalized spacial score (nSPS) is 20.5. The SMILES string of the molecule is [2H]C(O)c1c(Cl)nc(C([2H])([2H])C([2H])([2H])C([2H])([2H])C([2H])([2H])[2H])n1C([2H])([2H])c1ccc(-c2ccccc2-c2nn[nH]n2)cc1. The molecule has 0 amide bonds. The molecule has 0 bridgehead atoms. The van der Waals surface area contributed by atoms with Crippen LogP contribution in [-0.4, -0.2) is 35.3 Å². The van der Waals surface area contributed by atoms with Gasteiger partial charge in [0.05, 0.1) is 16.4 Å². The van der Waals surface area contributed by atoms with Crippen LogP contribution in [0.3, 0.4) is 0 Å². The van der Waals surface area contributed by atoms with Crippen molar-refractivity contribution in [2.45, 2.75) is 39.1 Å². The molecule has 2 aromatic heterocycles. The van der Waals surface area contributed by atoms with Crippen LogP contribution in [0.25, 0.3) is 22.5 Å². The predicted molar refractivity (Wildman–Crippen MR) is 116 cm³/mol. The summed E-state index contributed by atoms with van der Waals surface area (Å²) >= 11 is 6.08. The van der Waals surface area contributed by atoms with E-state index >= 15 is 0 Å². The maximum absolute atomic E-state index is 10.1. The summed E-state index contributed by atoms with van der Waals surface area (Å²) in [6.07, 6.45) is -11.3. The van der Waals surface area contributed by atoms with Crippen LogP contribution in [0.1, 0.15) is 53.1 Å². The lowest BCUT2D eigenvalue weighted by molar-refractivity contribution is 0.271. The number of imidazole rings is 1. The Hall–Kier alpha value is -3.03. The van der Waals surface area contributed by atoms with Gasteiger partial charge in [0.15, 0.2) is 5.15 Å². The molecule has 0 radical (unpaired) electrons. The van der Waals surface area contributed by atoms with Gasteiger partial charge in [-0.05, 0) is 28.3 Å². The highest BCUT2D eigenvalue weighted by Gasteiger charge is 2.16. The van der Waals surface area contributed by atoms with Gasteiger partial charge in [0.1, 0.15) is 5.82 Å². The van der Waals surface area contributed by atoms with Crippen molar-refractivity contribution in [1.82, 2.24) is 30.2 Å². The molecule has 4 rings (SSSR count). The van der Waals surface area contributed by atoms with E-state index in [0.717, 1.165) is 0 Å². The zero-order chi connectivity index (χ0) is 31.5. The number of aromatic nitrogens is 6. The molecule has 1 unspecified atom stereocenters. The van der Waals surface area contributed by atoms with Crippen LogP contribution < -0.4 is 0 Å². The monoisotopic (exact) mass is 434 g/mol. The highest BCUT2D eigenvalue weighted by atomic mass is 35.5. The molecule has 0 saturated heterocycles. The van der Waals surface area contributed by atoms with E-state index in [1.165, 1.54) is 24.3 Å². The lowest BCUT2D eigenvalue weighted by Crippen LogP contribution is -2.09. The van der Waals surface area contributed by atoms with Gasteiger partial charge in [-0.3, -0.25) is 0 Å². The molecule has 8 heteroatoms. The zero-order valence-electron chi connectivity index (χ0n) is 27.3. The summed E-state index contributed by atoms with van der Waals surface area (Å²) in [5.74, 6) is -0.853. The third kappa shape index (κ3) is 4.13. The summed E-state index contributed by atoms with van der Waals surface area (Å²) < 4.78 is 97.7. The largest absolute Gasteiger partial charge is 0.390 e. The van der Waals surface area contributed by atoms with Crippen molar-refractivity contribution in [3.63, 3.8) is 0 Å². The molecule has 0 fully saturated rings. The van der Waals surface area contributed by atoms with Crippen LogP contribution in [0, 0.1) is 0 Å². The highest BCUT2D eigenvalue weighted by Crippen LogP contribution is 2.30. The fourth-order valence-electron chi connectivity index (χ4n) is 2.86. The Balaban J connectivity index is 1.87. The van der Waals surface area contributed by atoms with Gasteiger partial charge in [0.2, 0.25) is 5.82 Å². The first-order chi connectivity index (χ1) is 19.3. The molecule has 30 heavy (non-hydrogen) atoms. The highest BCUT2D eigenvalue weighted by molar-refractivity contribution is 6.30. The zero-order valence-corrected chi connectivity index (χ0v) is 16.0. The smallest absolute Gasteiger partial charge is 0.205 e. The van der Waals surface area contributed by atoms with Gasteiger partial charge in [-0.1, -0.05) is 73.4 Å². The van der Waals surface area contributed by atoms with Crippen molar-refractivity contribution < 1.29 is 21.6 Å². The van der Waals surface area contributed by atoms with E-state index in [-0.39, 0.29) is 5.56 Å². The third-order valence-electron chi connectivity index (χ3n) is 4.18. The summed E-state index contributed by atoms with van der Waals surface area (Å²) in [4.78, 5) is 3.68. The molecular formula is C22H23ClN6O. The number of nitrogens with zero attached hydrogens (tertiary/aromatic N) is 5. The first kappa shape index (κ1) is 10.3. The van der Waals surface area contributed by atoms with Crippen LogP contribution >= 0.6 is 11.6 Å². The van der Waals surface area contributed by atoms with Crippen molar-refractivity contribution in [1.29, 1.82) is 0 Å². The van der Waals surface area contributed by atoms with Crippen LogP contribution in [-0.2, 0) is 19.5 Å². The number of tetrazole rings is 1. The molecule has 7 nitrogen and oxygen atoms in total. The number of aromatic amines is 1. The van der Waals surface area contributed by atoms with Crippen molar-refractivity contribution in [3.05, 3.63) is 70.8 Å². The first-order valence-electron chi connectivity index (χ1n) is 14.7. The van der Waals surface area contributed by atoms with Crippen LogP contribution in [0.4, 0.5) is 0 Å². The summed E-state index contributed by atoms with van der Waals surface area (Å²) in [5.41, 5.74) is 0.950. The molecule has 0 aliphatic carbocycles. The molecule has 154 valence electrons. The predicted octanol–water partition coefficient (Wildman–Crippen LogP) is 4.27. The quantitative estimate of drug-likeness (QED) is 0.432. The second-order valence-corrected chi connectivity index (χ2v) is 6.28. The number of nitrogens with one attached hydrogen (secondary N) is 1. The van der Waals surface area contributed by atoms with E-state index in [4.69, 9.17) is 28.1 Å². The standard InChI is InChI=1S/C22H23ClN6O/c1-2-3-8-20-24-21(23)19(14-30)29(20)13-15-9-11-16(12-10-15)17-6-4-5-7-18(17)22-25-27-28-26-22/h4-7,9-12,30H,2-3,8,13-14H2,1H3,(H,25,26,27,28)/i1D3,2D2,3D2,8D2,13D2,14D. The Morgan fingerprint density at radius 2 is 1.97 bits per heavy atom. The molecular weight excluding hydrogens is 400 g/mol. The molecule has 0 aliphatic rings. The van der Waals surface area contributed by atoms with E-state index in [1.54, 1.807) is 24.3 Å². The summed E-state index contributed by atoms with van der Waals surface area (Å²) in [5, 5.41) is 23.3. The number of aliphatic hydroxyl groups excluding tert-OH is 1. The lowest BCUT2D eigenvalue weighted by Gasteiger charge is -2.12. The van der Waals surface area contributed by atoms with Crippen LogP contribution in [0.5, 0.6) is 0 Å². The fraction of sp³-hybridized carbons (Fsp3) is 0.273. The van der Waals surface area contributed by atoms with Gasteiger partial charge < -0.3 is 9.67 Å². The van der Waals surface area contributed by atoms with E-state index in [2.05, 4.69) is 25.6 Å². The Morgan fingerprint density at radius 3 is 2.67 bits per heavy atom. The van der Waals surface area contributed by atoms with Gasteiger partial charge in [0.25, 0.3) is 0 Å². The Morgan fingerprint density at radius 1 is 1.17 bits per heavy atom. The van der Waals surface area contributed by atoms with Gasteiger partial charge in [0, 0.05) is 30.8 Å². The minimum Gasteiger partial charge on any atom is -0.390 e. The Bertz CT molecular complexity index is 1570. The molecule has 0 spiro atoms. The number of aryl methyl sites for hydroxylation is 1. The van der Waals surface area contributed by atoms with E-state index in [0.29, 0.717) is 27.1 Å². The van der Waals surface area contributed by atoms with E-state index in [1.807, 2.05) is 0 Å². The molecule has 2 aromatic carbocycles. The van der Waals surface area contributed by atoms with Gasteiger partial charge in [-0.25, -0.2) is 4.98 Å². The van der Waals surface area contributed by atoms with E-state index in [9.17, 15) is 5.11 Å². The van der Waals surface area contributed by atoms with Crippen molar-refractivity contribution in [2.24, 2.45) is 0 Å². The van der Waals surface area contributed by atoms with E-state index < -0.39 is 55.7 Å². The average molecular weight is 435 g/mol. The minimum atomic E-state index is -3.83. The Labute approximate surface area is 196 Å². The number of aliphatic hydroxyl groups is 1. The van der Waals surface area contributed by atoms with Crippen LogP contribution in [0.15, 0.2) is 48.5 Å². The second-order valence-electron chi connectivity index (χ2n) is 5.92. The lowest BCUT2D eigenvalue weighted by atomic mass is 9.98. The molecule has 0 saturated carbocycles. The molecule has 2 heterocycles. The van der Waals surface area contributed by atoms with Crippen molar-refractivity contribution in [3.8, 4) is 22.5 Å². The summed E-state index contributed by atoms with van der Waals surface area (Å²) in [6.45, 7) is -8.78. The van der Waals surface area contributed by atoms with Gasteiger partial charge >= 0.3 is 0 Å². The number of benzene rings is 2. The van der Waals surface area contributed by atoms with Crippen LogP contribution in [0.2, 0.25) is 5.15 Å². The molecule has 0 aliphatic heterocycles. The molecule has 2 N–H and O–H groups in total. The number of rotatable bonds is 8. The molecule has 1 atom stereocenters. The minimum absolute atomic E-state index is 0.171. The molecule has 4 aromatic rings. The number of hydrogen-bond donors (Lipinski definition) is 2. The maximum atomic E-state index is 10.1. The van der Waals surface area contributed by atoms with Gasteiger partial charge in [-0.15, -0.1) is 10.2 Å².